The smallest absolute Gasteiger partial charge is 0.334 e. The molecular weight excluding hydrogens is 423 g/mol. The number of ether oxygens (including phenoxy) is 1. The third-order valence-electron chi connectivity index (χ3n) is 0.832. The molecule has 0 saturated heterocycles. The van der Waals surface area contributed by atoms with E-state index in [4.69, 9.17) is 0 Å². The van der Waals surface area contributed by atoms with Crippen molar-refractivity contribution in [2.24, 2.45) is 0 Å². The Morgan fingerprint density at radius 1 is 1.54 bits per heavy atom. The monoisotopic (exact) mass is 427 g/mol. The van der Waals surface area contributed by atoms with Crippen LogP contribution in [-0.4, -0.2) is 19.8 Å². The second kappa shape index (κ2) is 7.29. The number of alkyl halides is 3. The molecule has 1 radical (unpaired) electrons. The predicted molar refractivity (Wildman–Crippen MR) is 56.9 cm³/mol. The van der Waals surface area contributed by atoms with Crippen LogP contribution in [-0.2, 0) is 26.6 Å². The normalized spacial score (nSPS) is 11.8. The molecule has 0 aromatic carbocycles. The Morgan fingerprint density at radius 3 is 2.31 bits per heavy atom. The van der Waals surface area contributed by atoms with E-state index in [1.165, 1.54) is 0 Å². The summed E-state index contributed by atoms with van der Waals surface area (Å²) in [5, 5.41) is 9.20. The van der Waals surface area contributed by atoms with Crippen LogP contribution in [0.5, 0.6) is 0 Å². The number of allylic oxidation sites excluding steroid dienone is 1. The SMILES string of the molecule is CCOC(=O)/C=C(\O)C(Br)(Br)Br.[Cu]. The zero-order valence-electron chi connectivity index (χ0n) is 6.48. The number of esters is 1. The number of carbonyl (C=O) groups is 1. The minimum Gasteiger partial charge on any atom is -0.509 e. The van der Waals surface area contributed by atoms with Crippen LogP contribution < -0.4 is 0 Å². The maximum atomic E-state index is 10.8. The summed E-state index contributed by atoms with van der Waals surface area (Å²) in [5.41, 5.74) is 0. The van der Waals surface area contributed by atoms with Gasteiger partial charge >= 0.3 is 5.97 Å². The Bertz CT molecular complexity index is 200. The Kier molecular flexibility index (Phi) is 9.19. The maximum Gasteiger partial charge on any atom is 0.334 e. The van der Waals surface area contributed by atoms with Crippen LogP contribution in [0.3, 0.4) is 0 Å². The quantitative estimate of drug-likeness (QED) is 0.241. The molecule has 0 heterocycles. The van der Waals surface area contributed by atoms with Crippen molar-refractivity contribution in [3.63, 3.8) is 0 Å². The molecule has 0 aliphatic rings. The van der Waals surface area contributed by atoms with Crippen molar-refractivity contribution in [1.82, 2.24) is 0 Å². The van der Waals surface area contributed by atoms with Gasteiger partial charge in [-0.1, -0.05) is 47.8 Å². The topological polar surface area (TPSA) is 46.5 Å². The van der Waals surface area contributed by atoms with Crippen molar-refractivity contribution < 1.29 is 31.7 Å². The van der Waals surface area contributed by atoms with E-state index in [1.807, 2.05) is 0 Å². The number of aliphatic hydroxyl groups is 1. The van der Waals surface area contributed by atoms with E-state index in [0.29, 0.717) is 0 Å². The summed E-state index contributed by atoms with van der Waals surface area (Å²) in [6.45, 7) is 1.97. The molecule has 0 aromatic heterocycles. The zero-order chi connectivity index (χ0) is 9.78. The summed E-state index contributed by atoms with van der Waals surface area (Å²) in [4.78, 5) is 10.8. The fourth-order valence-electron chi connectivity index (χ4n) is 0.377. The van der Waals surface area contributed by atoms with Crippen molar-refractivity contribution in [3.8, 4) is 0 Å². The van der Waals surface area contributed by atoms with Crippen LogP contribution in [0.1, 0.15) is 6.92 Å². The molecule has 0 bridgehead atoms. The van der Waals surface area contributed by atoms with Gasteiger partial charge in [0.15, 0.2) is 2.14 Å². The molecule has 0 aliphatic heterocycles. The van der Waals surface area contributed by atoms with Gasteiger partial charge < -0.3 is 9.84 Å². The van der Waals surface area contributed by atoms with Gasteiger partial charge in [0.25, 0.3) is 0 Å². The Labute approximate surface area is 112 Å². The molecule has 0 amide bonds. The van der Waals surface area contributed by atoms with Gasteiger partial charge in [-0.05, 0) is 6.92 Å². The van der Waals surface area contributed by atoms with E-state index in [2.05, 4.69) is 52.5 Å². The molecule has 0 saturated carbocycles. The summed E-state index contributed by atoms with van der Waals surface area (Å²) in [6.07, 6.45) is 0.974. The number of hydrogen-bond acceptors (Lipinski definition) is 3. The molecule has 7 heteroatoms. The zero-order valence-corrected chi connectivity index (χ0v) is 12.2. The first kappa shape index (κ1) is 16.4. The van der Waals surface area contributed by atoms with E-state index in [0.717, 1.165) is 6.08 Å². The van der Waals surface area contributed by atoms with Gasteiger partial charge in [-0.3, -0.25) is 0 Å². The van der Waals surface area contributed by atoms with Gasteiger partial charge in [0.1, 0.15) is 5.76 Å². The van der Waals surface area contributed by atoms with Gasteiger partial charge in [0.05, 0.1) is 12.7 Å². The average Bonchev–Trinajstić information content (AvgIpc) is 1.85. The standard InChI is InChI=1S/C6H7Br3O3.Cu/c1-2-12-5(11)3-4(10)6(7,8)9;/h3,10H,2H2,1H3;/b4-3-;. The second-order valence-electron chi connectivity index (χ2n) is 1.78. The molecule has 3 nitrogen and oxygen atoms in total. The molecular formula is C6H7Br3CuO3. The minimum absolute atomic E-state index is 0. The number of rotatable bonds is 2. The number of carbonyl (C=O) groups excluding carboxylic acids is 1. The molecule has 0 unspecified atom stereocenters. The van der Waals surface area contributed by atoms with E-state index in [-0.39, 0.29) is 29.4 Å². The summed E-state index contributed by atoms with van der Waals surface area (Å²) in [5.74, 6) is -0.793. The molecule has 0 fully saturated rings. The van der Waals surface area contributed by atoms with Gasteiger partial charge in [-0.25, -0.2) is 4.79 Å². The van der Waals surface area contributed by atoms with Gasteiger partial charge in [-0.15, -0.1) is 0 Å². The third kappa shape index (κ3) is 8.00. The number of hydrogen-bond donors (Lipinski definition) is 1. The second-order valence-corrected chi connectivity index (χ2v) is 8.54. The Balaban J connectivity index is 0. The van der Waals surface area contributed by atoms with Crippen molar-refractivity contribution in [2.45, 2.75) is 9.07 Å². The van der Waals surface area contributed by atoms with Crippen LogP contribution in [0.2, 0.25) is 0 Å². The fourth-order valence-corrected chi connectivity index (χ4v) is 0.721. The summed E-state index contributed by atoms with van der Waals surface area (Å²) in [7, 11) is 0. The third-order valence-corrected chi connectivity index (χ3v) is 2.05. The Morgan fingerprint density at radius 2 is 2.00 bits per heavy atom. The molecule has 1 N–H and O–H groups in total. The van der Waals surface area contributed by atoms with Crippen LogP contribution in [0.4, 0.5) is 0 Å². The summed E-state index contributed by atoms with van der Waals surface area (Å²) < 4.78 is 3.61. The van der Waals surface area contributed by atoms with Gasteiger partial charge in [0.2, 0.25) is 0 Å². The van der Waals surface area contributed by atoms with E-state index >= 15 is 0 Å². The average molecular weight is 430 g/mol. The largest absolute Gasteiger partial charge is 0.509 e. The molecule has 0 aliphatic carbocycles. The van der Waals surface area contributed by atoms with Crippen molar-refractivity contribution in [3.05, 3.63) is 11.8 Å². The molecule has 13 heavy (non-hydrogen) atoms. The summed E-state index contributed by atoms with van der Waals surface area (Å²) in [6, 6.07) is 0. The summed E-state index contributed by atoms with van der Waals surface area (Å²) >= 11 is 9.09. The van der Waals surface area contributed by atoms with Crippen LogP contribution in [0.25, 0.3) is 0 Å². The van der Waals surface area contributed by atoms with Gasteiger partial charge in [-0.2, -0.15) is 0 Å². The van der Waals surface area contributed by atoms with E-state index in [1.54, 1.807) is 6.92 Å². The predicted octanol–water partition coefficient (Wildman–Crippen LogP) is 2.83. The van der Waals surface area contributed by atoms with Crippen molar-refractivity contribution >= 4 is 53.8 Å². The first-order valence-electron chi connectivity index (χ1n) is 3.02. The van der Waals surface area contributed by atoms with Crippen LogP contribution in [0, 0.1) is 0 Å². The van der Waals surface area contributed by atoms with Gasteiger partial charge in [0, 0.05) is 17.1 Å². The van der Waals surface area contributed by atoms with Crippen LogP contribution in [0.15, 0.2) is 11.8 Å². The molecule has 0 spiro atoms. The molecule has 81 valence electrons. The van der Waals surface area contributed by atoms with Crippen molar-refractivity contribution in [1.29, 1.82) is 0 Å². The van der Waals surface area contributed by atoms with Crippen molar-refractivity contribution in [2.75, 3.05) is 6.61 Å². The first-order valence-corrected chi connectivity index (χ1v) is 5.40. The van der Waals surface area contributed by atoms with E-state index in [9.17, 15) is 9.90 Å². The van der Waals surface area contributed by atoms with Crippen LogP contribution >= 0.6 is 47.8 Å². The fraction of sp³-hybridized carbons (Fsp3) is 0.500. The molecule has 0 atom stereocenters. The minimum atomic E-state index is -0.959. The molecule has 0 aromatic rings. The number of aliphatic hydroxyl groups excluding tert-OH is 1. The molecule has 0 rings (SSSR count). The maximum absolute atomic E-state index is 10.8. The first-order chi connectivity index (χ1) is 5.38. The number of halogens is 3. The Hall–Kier alpha value is 0.969. The van der Waals surface area contributed by atoms with E-state index < -0.39 is 8.11 Å².